The third kappa shape index (κ3) is 4.11. The summed E-state index contributed by atoms with van der Waals surface area (Å²) in [4.78, 5) is 17.0. The Kier molecular flexibility index (Phi) is 5.47. The summed E-state index contributed by atoms with van der Waals surface area (Å²) < 4.78 is 6.14. The van der Waals surface area contributed by atoms with Gasteiger partial charge in [-0.3, -0.25) is 4.79 Å². The number of hydrogen-bond acceptors (Lipinski definition) is 3. The maximum Gasteiger partial charge on any atom is 0.255 e. The van der Waals surface area contributed by atoms with E-state index < -0.39 is 0 Å². The van der Waals surface area contributed by atoms with Gasteiger partial charge in [-0.05, 0) is 55.3 Å². The van der Waals surface area contributed by atoms with Crippen LogP contribution in [0, 0.1) is 5.92 Å². The van der Waals surface area contributed by atoms with Crippen molar-refractivity contribution in [3.63, 3.8) is 0 Å². The molecule has 2 aromatic rings. The second-order valence-electron chi connectivity index (χ2n) is 7.02. The number of aromatic amines is 1. The number of ether oxygens (including phenoxy) is 1. The summed E-state index contributed by atoms with van der Waals surface area (Å²) in [6, 6.07) is 5.44. The molecule has 0 aliphatic carbocycles. The van der Waals surface area contributed by atoms with Gasteiger partial charge in [-0.2, -0.15) is 0 Å². The van der Waals surface area contributed by atoms with E-state index in [9.17, 15) is 4.79 Å². The van der Waals surface area contributed by atoms with Gasteiger partial charge in [0.1, 0.15) is 11.9 Å². The van der Waals surface area contributed by atoms with Crippen molar-refractivity contribution in [3.8, 4) is 5.75 Å². The normalized spacial score (nSPS) is 16.8. The number of fused-ring (bicyclic) bond motifs is 1. The van der Waals surface area contributed by atoms with Crippen LogP contribution >= 0.6 is 11.6 Å². The molecule has 4 nitrogen and oxygen atoms in total. The topological polar surface area (TPSA) is 45.3 Å². The molecule has 0 amide bonds. The number of nitrogens with one attached hydrogen (secondary N) is 1. The molecular formula is C19H25ClN2O2. The summed E-state index contributed by atoms with van der Waals surface area (Å²) in [7, 11) is 0. The Morgan fingerprint density at radius 2 is 2.08 bits per heavy atom. The van der Waals surface area contributed by atoms with Crippen LogP contribution in [0.25, 0.3) is 10.8 Å². The molecule has 2 heterocycles. The molecule has 3 rings (SSSR count). The largest absolute Gasteiger partial charge is 0.489 e. The quantitative estimate of drug-likeness (QED) is 0.885. The Morgan fingerprint density at radius 1 is 1.33 bits per heavy atom. The van der Waals surface area contributed by atoms with Crippen LogP contribution in [-0.2, 0) is 0 Å². The highest BCUT2D eigenvalue weighted by Gasteiger charge is 2.21. The summed E-state index contributed by atoms with van der Waals surface area (Å²) in [6.45, 7) is 7.85. The van der Waals surface area contributed by atoms with Crippen LogP contribution in [0.15, 0.2) is 29.2 Å². The predicted molar refractivity (Wildman–Crippen MR) is 99.1 cm³/mol. The minimum absolute atomic E-state index is 0.126. The van der Waals surface area contributed by atoms with E-state index in [1.807, 2.05) is 12.1 Å². The molecule has 130 valence electrons. The summed E-state index contributed by atoms with van der Waals surface area (Å²) in [5, 5.41) is 1.95. The molecule has 0 saturated carbocycles. The maximum absolute atomic E-state index is 11.8. The molecule has 0 spiro atoms. The number of halogens is 1. The van der Waals surface area contributed by atoms with Gasteiger partial charge < -0.3 is 14.6 Å². The maximum atomic E-state index is 11.8. The third-order valence-corrected chi connectivity index (χ3v) is 4.97. The first kappa shape index (κ1) is 17.3. The monoisotopic (exact) mass is 348 g/mol. The van der Waals surface area contributed by atoms with Crippen LogP contribution in [-0.4, -0.2) is 35.6 Å². The van der Waals surface area contributed by atoms with Gasteiger partial charge in [0.25, 0.3) is 5.56 Å². The van der Waals surface area contributed by atoms with Crippen molar-refractivity contribution in [2.45, 2.75) is 39.2 Å². The smallest absolute Gasteiger partial charge is 0.255 e. The van der Waals surface area contributed by atoms with Crippen LogP contribution in [0.4, 0.5) is 0 Å². The molecule has 1 aliphatic rings. The molecule has 1 aromatic heterocycles. The van der Waals surface area contributed by atoms with E-state index in [-0.39, 0.29) is 11.7 Å². The minimum Gasteiger partial charge on any atom is -0.489 e. The van der Waals surface area contributed by atoms with E-state index in [0.717, 1.165) is 37.2 Å². The predicted octanol–water partition coefficient (Wildman–Crippen LogP) is 4.07. The molecule has 0 unspecified atom stereocenters. The molecule has 0 bridgehead atoms. The van der Waals surface area contributed by atoms with Crippen molar-refractivity contribution in [1.29, 1.82) is 0 Å². The van der Waals surface area contributed by atoms with Gasteiger partial charge in [0.15, 0.2) is 0 Å². The van der Waals surface area contributed by atoms with Gasteiger partial charge in [0, 0.05) is 24.7 Å². The van der Waals surface area contributed by atoms with E-state index in [2.05, 4.69) is 23.7 Å². The van der Waals surface area contributed by atoms with Gasteiger partial charge in [0.05, 0.1) is 5.02 Å². The molecule has 1 aliphatic heterocycles. The Labute approximate surface area is 147 Å². The van der Waals surface area contributed by atoms with E-state index in [1.54, 1.807) is 12.3 Å². The van der Waals surface area contributed by atoms with Crippen LogP contribution in [0.3, 0.4) is 0 Å². The molecule has 0 radical (unpaired) electrons. The number of pyridine rings is 1. The Balaban J connectivity index is 1.64. The highest BCUT2D eigenvalue weighted by atomic mass is 35.5. The average Bonchev–Trinajstić information content (AvgIpc) is 2.56. The number of likely N-dealkylation sites (tertiary alicyclic amines) is 1. The summed E-state index contributed by atoms with van der Waals surface area (Å²) in [6.07, 6.45) is 5.12. The fourth-order valence-electron chi connectivity index (χ4n) is 3.15. The summed E-state index contributed by atoms with van der Waals surface area (Å²) >= 11 is 6.32. The number of benzene rings is 1. The number of hydrogen-bond donors (Lipinski definition) is 1. The lowest BCUT2D eigenvalue weighted by Gasteiger charge is -2.32. The number of piperidine rings is 1. The van der Waals surface area contributed by atoms with Gasteiger partial charge >= 0.3 is 0 Å². The first-order valence-corrected chi connectivity index (χ1v) is 9.10. The number of aromatic nitrogens is 1. The molecule has 1 saturated heterocycles. The average molecular weight is 349 g/mol. The molecular weight excluding hydrogens is 324 g/mol. The molecule has 1 aromatic carbocycles. The zero-order valence-corrected chi connectivity index (χ0v) is 15.1. The van der Waals surface area contributed by atoms with Gasteiger partial charge in [-0.25, -0.2) is 0 Å². The first-order chi connectivity index (χ1) is 11.5. The number of H-pyrrole nitrogens is 1. The van der Waals surface area contributed by atoms with Gasteiger partial charge in [-0.15, -0.1) is 0 Å². The Bertz CT molecular complexity index is 749. The van der Waals surface area contributed by atoms with Crippen molar-refractivity contribution in [1.82, 2.24) is 9.88 Å². The standard InChI is InChI=1S/C19H25ClN2O2/c1-13(2)4-8-22-9-5-15(6-10-22)24-18-11-14-3-7-21-19(23)16(14)12-17(18)20/h3,7,11-13,15H,4-6,8-10H2,1-2H3,(H,21,23). The molecule has 5 heteroatoms. The third-order valence-electron chi connectivity index (χ3n) is 4.68. The van der Waals surface area contributed by atoms with E-state index >= 15 is 0 Å². The number of rotatable bonds is 5. The van der Waals surface area contributed by atoms with E-state index in [4.69, 9.17) is 16.3 Å². The molecule has 1 N–H and O–H groups in total. The Morgan fingerprint density at radius 3 is 2.79 bits per heavy atom. The summed E-state index contributed by atoms with van der Waals surface area (Å²) in [5.74, 6) is 1.42. The van der Waals surface area contributed by atoms with Crippen molar-refractivity contribution in [2.75, 3.05) is 19.6 Å². The van der Waals surface area contributed by atoms with Crippen molar-refractivity contribution >= 4 is 22.4 Å². The van der Waals surface area contributed by atoms with Crippen molar-refractivity contribution in [2.24, 2.45) is 5.92 Å². The lowest BCUT2D eigenvalue weighted by atomic mass is 10.1. The second kappa shape index (κ2) is 7.58. The summed E-state index contributed by atoms with van der Waals surface area (Å²) in [5.41, 5.74) is -0.126. The number of nitrogens with zero attached hydrogens (tertiary/aromatic N) is 1. The lowest BCUT2D eigenvalue weighted by molar-refractivity contribution is 0.0981. The zero-order chi connectivity index (χ0) is 17.1. The minimum atomic E-state index is -0.126. The van der Waals surface area contributed by atoms with E-state index in [0.29, 0.717) is 16.2 Å². The first-order valence-electron chi connectivity index (χ1n) is 8.73. The molecule has 0 atom stereocenters. The fraction of sp³-hybridized carbons (Fsp3) is 0.526. The van der Waals surface area contributed by atoms with E-state index in [1.165, 1.54) is 13.0 Å². The van der Waals surface area contributed by atoms with Crippen LogP contribution in [0.1, 0.15) is 33.1 Å². The Hall–Kier alpha value is -1.52. The second-order valence-corrected chi connectivity index (χ2v) is 7.43. The molecule has 1 fully saturated rings. The van der Waals surface area contributed by atoms with Crippen LogP contribution in [0.5, 0.6) is 5.75 Å². The lowest BCUT2D eigenvalue weighted by Crippen LogP contribution is -2.39. The highest BCUT2D eigenvalue weighted by molar-refractivity contribution is 6.32. The van der Waals surface area contributed by atoms with Gasteiger partial charge in [-0.1, -0.05) is 25.4 Å². The van der Waals surface area contributed by atoms with Crippen molar-refractivity contribution < 1.29 is 4.74 Å². The zero-order valence-electron chi connectivity index (χ0n) is 14.3. The van der Waals surface area contributed by atoms with Crippen molar-refractivity contribution in [3.05, 3.63) is 39.8 Å². The van der Waals surface area contributed by atoms with Crippen LogP contribution < -0.4 is 10.3 Å². The highest BCUT2D eigenvalue weighted by Crippen LogP contribution is 2.31. The van der Waals surface area contributed by atoms with Crippen LogP contribution in [0.2, 0.25) is 5.02 Å². The van der Waals surface area contributed by atoms with Gasteiger partial charge in [0.2, 0.25) is 0 Å². The molecule has 24 heavy (non-hydrogen) atoms. The SMILES string of the molecule is CC(C)CCN1CCC(Oc2cc3cc[nH]c(=O)c3cc2Cl)CC1. The fourth-order valence-corrected chi connectivity index (χ4v) is 3.36.